The fourth-order valence-electron chi connectivity index (χ4n) is 4.22. The maximum Gasteiger partial charge on any atom is 0.339 e. The Hall–Kier alpha value is -3.45. The number of carbonyl (C=O) groups is 2. The average molecular weight is 506 g/mol. The number of imidazole rings is 1. The van der Waals surface area contributed by atoms with E-state index in [0.717, 1.165) is 35.4 Å². The van der Waals surface area contributed by atoms with E-state index in [9.17, 15) is 14.7 Å². The topological polar surface area (TPSA) is 107 Å². The van der Waals surface area contributed by atoms with Gasteiger partial charge in [-0.05, 0) is 55.9 Å². The summed E-state index contributed by atoms with van der Waals surface area (Å²) in [5.74, 6) is -0.337. The van der Waals surface area contributed by atoms with E-state index in [2.05, 4.69) is 11.9 Å². The molecule has 3 aromatic rings. The molecule has 3 rings (SSSR count). The van der Waals surface area contributed by atoms with Crippen LogP contribution in [0.15, 0.2) is 48.5 Å². The Morgan fingerprint density at radius 3 is 2.30 bits per heavy atom. The monoisotopic (exact) mass is 505 g/mol. The zero-order chi connectivity index (χ0) is 27.3. The lowest BCUT2D eigenvalue weighted by atomic mass is 9.98. The normalized spacial score (nSPS) is 12.5. The zero-order valence-corrected chi connectivity index (χ0v) is 22.7. The van der Waals surface area contributed by atoms with E-state index in [1.165, 1.54) is 0 Å². The molecule has 7 nitrogen and oxygen atoms in total. The van der Waals surface area contributed by atoms with Crippen LogP contribution in [0.3, 0.4) is 0 Å². The van der Waals surface area contributed by atoms with Crippen LogP contribution in [0.25, 0.3) is 11.1 Å². The molecule has 7 heteroatoms. The molecule has 0 aliphatic carbocycles. The molecule has 0 spiro atoms. The van der Waals surface area contributed by atoms with Gasteiger partial charge in [0, 0.05) is 13.0 Å². The minimum atomic E-state index is -0.879. The van der Waals surface area contributed by atoms with Gasteiger partial charge < -0.3 is 20.1 Å². The minimum absolute atomic E-state index is 0.107. The van der Waals surface area contributed by atoms with E-state index in [1.807, 2.05) is 81.7 Å². The summed E-state index contributed by atoms with van der Waals surface area (Å²) < 4.78 is 7.43. The summed E-state index contributed by atoms with van der Waals surface area (Å²) in [6.07, 6.45) is 1.69. The van der Waals surface area contributed by atoms with Crippen molar-refractivity contribution in [1.82, 2.24) is 9.55 Å². The van der Waals surface area contributed by atoms with Crippen LogP contribution in [0.2, 0.25) is 0 Å². The van der Waals surface area contributed by atoms with Crippen molar-refractivity contribution in [2.75, 3.05) is 0 Å². The number of esters is 1. The predicted octanol–water partition coefficient (Wildman–Crippen LogP) is 5.68. The number of carbonyl (C=O) groups excluding carboxylic acids is 2. The van der Waals surface area contributed by atoms with Gasteiger partial charge in [0.25, 0.3) is 5.91 Å². The molecule has 0 aliphatic heterocycles. The minimum Gasteiger partial charge on any atom is -0.456 e. The summed E-state index contributed by atoms with van der Waals surface area (Å²) in [6.45, 7) is 11.8. The summed E-state index contributed by atoms with van der Waals surface area (Å²) >= 11 is 0. The molecule has 1 heterocycles. The van der Waals surface area contributed by atoms with Crippen LogP contribution in [0.4, 0.5) is 0 Å². The van der Waals surface area contributed by atoms with Gasteiger partial charge in [0.1, 0.15) is 28.9 Å². The van der Waals surface area contributed by atoms with Crippen molar-refractivity contribution in [3.05, 3.63) is 76.9 Å². The number of unbranched alkanes of at least 4 members (excludes halogenated alkanes) is 1. The highest BCUT2D eigenvalue weighted by molar-refractivity contribution is 5.97. The van der Waals surface area contributed by atoms with Gasteiger partial charge in [0.2, 0.25) is 0 Å². The van der Waals surface area contributed by atoms with Gasteiger partial charge in [-0.15, -0.1) is 0 Å². The second-order valence-electron chi connectivity index (χ2n) is 10.7. The smallest absolute Gasteiger partial charge is 0.339 e. The Balaban J connectivity index is 1.97. The predicted molar refractivity (Wildman–Crippen MR) is 145 cm³/mol. The largest absolute Gasteiger partial charge is 0.456 e. The zero-order valence-electron chi connectivity index (χ0n) is 22.7. The fourth-order valence-corrected chi connectivity index (χ4v) is 4.22. The van der Waals surface area contributed by atoms with Crippen LogP contribution in [-0.4, -0.2) is 32.1 Å². The van der Waals surface area contributed by atoms with Gasteiger partial charge in [0.15, 0.2) is 0 Å². The lowest BCUT2D eigenvalue weighted by Gasteiger charge is -2.20. The van der Waals surface area contributed by atoms with Gasteiger partial charge in [0.05, 0.1) is 5.56 Å². The maximum absolute atomic E-state index is 12.8. The third-order valence-corrected chi connectivity index (χ3v) is 6.12. The van der Waals surface area contributed by atoms with E-state index in [1.54, 1.807) is 6.07 Å². The average Bonchev–Trinajstić information content (AvgIpc) is 3.19. The quantitative estimate of drug-likeness (QED) is 0.345. The Morgan fingerprint density at radius 2 is 1.73 bits per heavy atom. The number of nitrogens with two attached hydrogens (primary N) is 1. The maximum atomic E-state index is 12.8. The summed E-state index contributed by atoms with van der Waals surface area (Å²) in [4.78, 5) is 30.0. The highest BCUT2D eigenvalue weighted by Gasteiger charge is 2.27. The second-order valence-corrected chi connectivity index (χ2v) is 10.7. The van der Waals surface area contributed by atoms with Crippen LogP contribution < -0.4 is 5.73 Å². The summed E-state index contributed by atoms with van der Waals surface area (Å²) in [7, 11) is 0. The number of aryl methyl sites for hydroxylation is 1. The first-order valence-corrected chi connectivity index (χ1v) is 12.9. The van der Waals surface area contributed by atoms with Crippen LogP contribution in [0.1, 0.15) is 98.4 Å². The van der Waals surface area contributed by atoms with E-state index in [0.29, 0.717) is 24.2 Å². The lowest BCUT2D eigenvalue weighted by molar-refractivity contribution is 0.00703. The number of amides is 1. The standard InChI is InChI=1S/C30H39N3O4/c1-7-8-13-24-32-25(27(34)19(2)3)26(28(31)35)33(24)18-20-14-16-21(17-15-20)22-11-9-10-12-23(22)29(36)37-30(4,5)6/h9-12,14-17,19,27,34H,7-8,13,18H2,1-6H3,(H2,31,35). The van der Waals surface area contributed by atoms with Gasteiger partial charge >= 0.3 is 5.97 Å². The molecular formula is C30H39N3O4. The Bertz CT molecular complexity index is 1240. The first-order valence-electron chi connectivity index (χ1n) is 12.9. The molecule has 1 aromatic heterocycles. The van der Waals surface area contributed by atoms with E-state index < -0.39 is 17.6 Å². The van der Waals surface area contributed by atoms with Crippen molar-refractivity contribution in [1.29, 1.82) is 0 Å². The van der Waals surface area contributed by atoms with Gasteiger partial charge in [-0.2, -0.15) is 0 Å². The summed E-state index contributed by atoms with van der Waals surface area (Å²) in [5.41, 5.74) is 8.91. The number of aromatic nitrogens is 2. The number of ether oxygens (including phenoxy) is 1. The van der Waals surface area contributed by atoms with Crippen LogP contribution >= 0.6 is 0 Å². The first kappa shape index (κ1) is 28.1. The summed E-state index contributed by atoms with van der Waals surface area (Å²) in [5, 5.41) is 10.7. The van der Waals surface area contributed by atoms with Gasteiger partial charge in [-0.25, -0.2) is 9.78 Å². The van der Waals surface area contributed by atoms with Crippen molar-refractivity contribution in [2.24, 2.45) is 11.7 Å². The van der Waals surface area contributed by atoms with Crippen molar-refractivity contribution < 1.29 is 19.4 Å². The number of hydrogen-bond acceptors (Lipinski definition) is 5. The van der Waals surface area contributed by atoms with E-state index >= 15 is 0 Å². The molecule has 37 heavy (non-hydrogen) atoms. The molecule has 0 radical (unpaired) electrons. The van der Waals surface area contributed by atoms with E-state index in [-0.39, 0.29) is 17.6 Å². The molecule has 198 valence electrons. The molecule has 0 fully saturated rings. The third-order valence-electron chi connectivity index (χ3n) is 6.12. The molecule has 1 amide bonds. The Labute approximate surface area is 219 Å². The first-order chi connectivity index (χ1) is 17.4. The molecule has 0 bridgehead atoms. The second kappa shape index (κ2) is 11.7. The molecule has 1 unspecified atom stereocenters. The molecule has 1 atom stereocenters. The number of hydrogen-bond donors (Lipinski definition) is 2. The van der Waals surface area contributed by atoms with Crippen molar-refractivity contribution in [2.45, 2.75) is 79.1 Å². The van der Waals surface area contributed by atoms with Crippen LogP contribution in [0.5, 0.6) is 0 Å². The molecule has 0 saturated carbocycles. The Kier molecular flexibility index (Phi) is 8.92. The van der Waals surface area contributed by atoms with Crippen LogP contribution in [-0.2, 0) is 17.7 Å². The molecule has 2 aromatic carbocycles. The number of benzene rings is 2. The van der Waals surface area contributed by atoms with Crippen molar-refractivity contribution >= 4 is 11.9 Å². The van der Waals surface area contributed by atoms with Crippen molar-refractivity contribution in [3.63, 3.8) is 0 Å². The number of aliphatic hydroxyl groups is 1. The SMILES string of the molecule is CCCCc1nc(C(O)C(C)C)c(C(N)=O)n1Cc1ccc(-c2ccccc2C(=O)OC(C)(C)C)cc1. The number of primary amides is 1. The molecular weight excluding hydrogens is 466 g/mol. The van der Waals surface area contributed by atoms with Crippen molar-refractivity contribution in [3.8, 4) is 11.1 Å². The molecule has 3 N–H and O–H groups in total. The highest BCUT2D eigenvalue weighted by Crippen LogP contribution is 2.29. The highest BCUT2D eigenvalue weighted by atomic mass is 16.6. The van der Waals surface area contributed by atoms with Crippen LogP contribution in [0, 0.1) is 5.92 Å². The number of nitrogens with zero attached hydrogens (tertiary/aromatic N) is 2. The number of aliphatic hydroxyl groups excluding tert-OH is 1. The van der Waals surface area contributed by atoms with Gasteiger partial charge in [-0.1, -0.05) is 69.7 Å². The fraction of sp³-hybridized carbons (Fsp3) is 0.433. The third kappa shape index (κ3) is 6.86. The molecule has 0 saturated heterocycles. The lowest BCUT2D eigenvalue weighted by Crippen LogP contribution is -2.24. The summed E-state index contributed by atoms with van der Waals surface area (Å²) in [6, 6.07) is 15.2. The van der Waals surface area contributed by atoms with E-state index in [4.69, 9.17) is 10.5 Å². The van der Waals surface area contributed by atoms with Gasteiger partial charge in [-0.3, -0.25) is 4.79 Å². The number of rotatable bonds is 10. The Morgan fingerprint density at radius 1 is 1.08 bits per heavy atom. The molecule has 0 aliphatic rings.